The second kappa shape index (κ2) is 4.55. The molecule has 2 heterocycles. The third-order valence-electron chi connectivity index (χ3n) is 3.03. The SMILES string of the molecule is O=C1CCCN(Cc2nc3ccccc3s2)C1. The van der Waals surface area contributed by atoms with Crippen molar-refractivity contribution in [2.75, 3.05) is 13.1 Å². The van der Waals surface area contributed by atoms with Crippen molar-refractivity contribution in [2.24, 2.45) is 0 Å². The summed E-state index contributed by atoms with van der Waals surface area (Å²) in [5, 5.41) is 1.11. The Kier molecular flexibility index (Phi) is 2.91. The van der Waals surface area contributed by atoms with Crippen LogP contribution in [0.5, 0.6) is 0 Å². The van der Waals surface area contributed by atoms with Gasteiger partial charge in [-0.25, -0.2) is 4.98 Å². The summed E-state index contributed by atoms with van der Waals surface area (Å²) in [6.07, 6.45) is 1.74. The Hall–Kier alpha value is -1.26. The lowest BCUT2D eigenvalue weighted by molar-refractivity contribution is -0.122. The molecular weight excluding hydrogens is 232 g/mol. The highest BCUT2D eigenvalue weighted by molar-refractivity contribution is 7.18. The van der Waals surface area contributed by atoms with Crippen molar-refractivity contribution in [1.82, 2.24) is 9.88 Å². The van der Waals surface area contributed by atoms with Crippen molar-refractivity contribution in [1.29, 1.82) is 0 Å². The fourth-order valence-corrected chi connectivity index (χ4v) is 3.23. The average molecular weight is 246 g/mol. The van der Waals surface area contributed by atoms with Crippen molar-refractivity contribution >= 4 is 27.3 Å². The molecule has 1 aromatic heterocycles. The van der Waals surface area contributed by atoms with Crippen LogP contribution < -0.4 is 0 Å². The van der Waals surface area contributed by atoms with Crippen LogP contribution >= 0.6 is 11.3 Å². The summed E-state index contributed by atoms with van der Waals surface area (Å²) < 4.78 is 1.23. The molecule has 17 heavy (non-hydrogen) atoms. The number of rotatable bonds is 2. The average Bonchev–Trinajstić information content (AvgIpc) is 2.71. The molecule has 1 fully saturated rings. The summed E-state index contributed by atoms with van der Waals surface area (Å²) in [4.78, 5) is 18.2. The molecular formula is C13H14N2OS. The van der Waals surface area contributed by atoms with E-state index in [0.717, 1.165) is 36.5 Å². The summed E-state index contributed by atoms with van der Waals surface area (Å²) in [6, 6.07) is 8.18. The van der Waals surface area contributed by atoms with Gasteiger partial charge in [-0.05, 0) is 25.1 Å². The number of Topliss-reactive ketones (excluding diaryl/α,β-unsaturated/α-hetero) is 1. The van der Waals surface area contributed by atoms with E-state index >= 15 is 0 Å². The lowest BCUT2D eigenvalue weighted by atomic mass is 10.1. The third-order valence-corrected chi connectivity index (χ3v) is 4.05. The van der Waals surface area contributed by atoms with E-state index < -0.39 is 0 Å². The topological polar surface area (TPSA) is 33.2 Å². The van der Waals surface area contributed by atoms with Gasteiger partial charge in [0.1, 0.15) is 10.8 Å². The maximum Gasteiger partial charge on any atom is 0.146 e. The van der Waals surface area contributed by atoms with Gasteiger partial charge in [-0.1, -0.05) is 12.1 Å². The number of thiazole rings is 1. The first-order chi connectivity index (χ1) is 8.31. The second-order valence-corrected chi connectivity index (χ2v) is 5.54. The first-order valence-electron chi connectivity index (χ1n) is 5.90. The third kappa shape index (κ3) is 2.37. The van der Waals surface area contributed by atoms with Gasteiger partial charge in [-0.3, -0.25) is 9.69 Å². The minimum Gasteiger partial charge on any atom is -0.298 e. The van der Waals surface area contributed by atoms with E-state index in [0.29, 0.717) is 12.3 Å². The van der Waals surface area contributed by atoms with Crippen molar-refractivity contribution in [3.63, 3.8) is 0 Å². The Morgan fingerprint density at radius 2 is 2.24 bits per heavy atom. The maximum absolute atomic E-state index is 11.4. The second-order valence-electron chi connectivity index (χ2n) is 4.43. The monoisotopic (exact) mass is 246 g/mol. The summed E-state index contributed by atoms with van der Waals surface area (Å²) in [6.45, 7) is 2.42. The Morgan fingerprint density at radius 3 is 3.06 bits per heavy atom. The first-order valence-corrected chi connectivity index (χ1v) is 6.71. The van der Waals surface area contributed by atoms with E-state index in [2.05, 4.69) is 16.0 Å². The van der Waals surface area contributed by atoms with E-state index in [-0.39, 0.29) is 0 Å². The number of benzene rings is 1. The summed E-state index contributed by atoms with van der Waals surface area (Å²) in [5.74, 6) is 0.359. The van der Waals surface area contributed by atoms with E-state index in [1.807, 2.05) is 18.2 Å². The standard InChI is InChI=1S/C13H14N2OS/c16-10-4-3-7-15(8-10)9-13-14-11-5-1-2-6-12(11)17-13/h1-2,5-6H,3-4,7-9H2. The molecule has 0 spiro atoms. The molecule has 1 aliphatic heterocycles. The van der Waals surface area contributed by atoms with Gasteiger partial charge in [0.2, 0.25) is 0 Å². The lowest BCUT2D eigenvalue weighted by Crippen LogP contribution is -2.34. The number of fused-ring (bicyclic) bond motifs is 1. The Balaban J connectivity index is 1.78. The number of carbonyl (C=O) groups excluding carboxylic acids is 1. The van der Waals surface area contributed by atoms with Gasteiger partial charge < -0.3 is 0 Å². The van der Waals surface area contributed by atoms with Crippen LogP contribution in [0, 0.1) is 0 Å². The number of para-hydroxylation sites is 1. The number of nitrogens with zero attached hydrogens (tertiary/aromatic N) is 2. The summed E-state index contributed by atoms with van der Waals surface area (Å²) >= 11 is 1.73. The molecule has 0 aliphatic carbocycles. The van der Waals surface area contributed by atoms with Gasteiger partial charge in [0.25, 0.3) is 0 Å². The zero-order valence-corrected chi connectivity index (χ0v) is 10.4. The van der Waals surface area contributed by atoms with Gasteiger partial charge in [0, 0.05) is 6.42 Å². The van der Waals surface area contributed by atoms with Crippen LogP contribution in [0.4, 0.5) is 0 Å². The number of carbonyl (C=O) groups is 1. The number of likely N-dealkylation sites (tertiary alicyclic amines) is 1. The Bertz CT molecular complexity index is 516. The zero-order chi connectivity index (χ0) is 11.7. The van der Waals surface area contributed by atoms with Crippen LogP contribution in [0.3, 0.4) is 0 Å². The van der Waals surface area contributed by atoms with Crippen molar-refractivity contribution in [3.05, 3.63) is 29.3 Å². The minimum atomic E-state index is 0.359. The number of ketones is 1. The van der Waals surface area contributed by atoms with Gasteiger partial charge in [0.15, 0.2) is 0 Å². The fourth-order valence-electron chi connectivity index (χ4n) is 2.22. The van der Waals surface area contributed by atoms with Crippen LogP contribution in [0.25, 0.3) is 10.2 Å². The van der Waals surface area contributed by atoms with E-state index in [1.165, 1.54) is 4.70 Å². The van der Waals surface area contributed by atoms with Gasteiger partial charge in [-0.15, -0.1) is 11.3 Å². The minimum absolute atomic E-state index is 0.359. The molecule has 0 unspecified atom stereocenters. The number of hydrogen-bond donors (Lipinski definition) is 0. The highest BCUT2D eigenvalue weighted by Gasteiger charge is 2.17. The predicted octanol–water partition coefficient (Wildman–Crippen LogP) is 2.46. The number of aromatic nitrogens is 1. The van der Waals surface area contributed by atoms with Crippen LogP contribution in [-0.4, -0.2) is 28.8 Å². The van der Waals surface area contributed by atoms with Crippen molar-refractivity contribution in [3.8, 4) is 0 Å². The lowest BCUT2D eigenvalue weighted by Gasteiger charge is -2.24. The summed E-state index contributed by atoms with van der Waals surface area (Å²) in [5.41, 5.74) is 1.07. The van der Waals surface area contributed by atoms with Crippen LogP contribution in [0.1, 0.15) is 17.8 Å². The largest absolute Gasteiger partial charge is 0.298 e. The molecule has 1 saturated heterocycles. The maximum atomic E-state index is 11.4. The molecule has 0 saturated carbocycles. The molecule has 2 aromatic rings. The molecule has 88 valence electrons. The van der Waals surface area contributed by atoms with Crippen LogP contribution in [0.2, 0.25) is 0 Å². The zero-order valence-electron chi connectivity index (χ0n) is 9.56. The molecule has 3 rings (SSSR count). The smallest absolute Gasteiger partial charge is 0.146 e. The predicted molar refractivity (Wildman–Crippen MR) is 69.1 cm³/mol. The number of hydrogen-bond acceptors (Lipinski definition) is 4. The molecule has 0 amide bonds. The molecule has 0 bridgehead atoms. The van der Waals surface area contributed by atoms with Gasteiger partial charge >= 0.3 is 0 Å². The molecule has 3 nitrogen and oxygen atoms in total. The van der Waals surface area contributed by atoms with Crippen LogP contribution in [-0.2, 0) is 11.3 Å². The van der Waals surface area contributed by atoms with E-state index in [4.69, 9.17) is 0 Å². The molecule has 0 radical (unpaired) electrons. The molecule has 1 aromatic carbocycles. The molecule has 4 heteroatoms. The quantitative estimate of drug-likeness (QED) is 0.816. The highest BCUT2D eigenvalue weighted by Crippen LogP contribution is 2.23. The normalized spacial score (nSPS) is 17.8. The van der Waals surface area contributed by atoms with Gasteiger partial charge in [-0.2, -0.15) is 0 Å². The highest BCUT2D eigenvalue weighted by atomic mass is 32.1. The summed E-state index contributed by atoms with van der Waals surface area (Å²) in [7, 11) is 0. The van der Waals surface area contributed by atoms with E-state index in [9.17, 15) is 4.79 Å². The molecule has 0 N–H and O–H groups in total. The van der Waals surface area contributed by atoms with E-state index in [1.54, 1.807) is 11.3 Å². The molecule has 1 aliphatic rings. The van der Waals surface area contributed by atoms with Crippen molar-refractivity contribution < 1.29 is 4.79 Å². The molecule has 0 atom stereocenters. The first kappa shape index (κ1) is 10.9. The number of piperidine rings is 1. The van der Waals surface area contributed by atoms with Crippen LogP contribution in [0.15, 0.2) is 24.3 Å². The van der Waals surface area contributed by atoms with Gasteiger partial charge in [0.05, 0.1) is 23.3 Å². The Labute approximate surface area is 104 Å². The van der Waals surface area contributed by atoms with Crippen molar-refractivity contribution in [2.45, 2.75) is 19.4 Å². The fraction of sp³-hybridized carbons (Fsp3) is 0.385. The Morgan fingerprint density at radius 1 is 1.35 bits per heavy atom.